The molecule has 1 saturated heterocycles. The van der Waals surface area contributed by atoms with Crippen molar-refractivity contribution in [1.82, 2.24) is 15.5 Å². The fourth-order valence-electron chi connectivity index (χ4n) is 3.43. The minimum absolute atomic E-state index is 0.155. The molecule has 1 aliphatic heterocycles. The van der Waals surface area contributed by atoms with Crippen LogP contribution in [0.1, 0.15) is 24.8 Å². The number of amides is 3. The normalized spacial score (nSPS) is 18.1. The molecule has 1 aromatic rings. The molecule has 0 unspecified atom stereocenters. The van der Waals surface area contributed by atoms with Gasteiger partial charge in [0.25, 0.3) is 0 Å². The molecule has 168 valence electrons. The second-order valence-corrected chi connectivity index (χ2v) is 9.67. The number of urea groups is 1. The fraction of sp³-hybridized carbons (Fsp3) is 0.476. The van der Waals surface area contributed by atoms with Gasteiger partial charge in [0.15, 0.2) is 15.6 Å². The SMILES string of the molecule is O=C1CCCC=C1NC(=O)[C@H](CS(=O)(=O)Cc1ccccc1)NC(=O)N1CCOCC1. The predicted molar refractivity (Wildman–Crippen MR) is 114 cm³/mol. The fourth-order valence-corrected chi connectivity index (χ4v) is 4.99. The molecular formula is C21H27N3O6S. The van der Waals surface area contributed by atoms with E-state index in [1.54, 1.807) is 36.4 Å². The summed E-state index contributed by atoms with van der Waals surface area (Å²) in [4.78, 5) is 39.0. The Morgan fingerprint density at radius 2 is 1.84 bits per heavy atom. The number of hydrogen-bond acceptors (Lipinski definition) is 6. The number of sulfone groups is 1. The van der Waals surface area contributed by atoms with Gasteiger partial charge < -0.3 is 20.3 Å². The molecule has 0 saturated carbocycles. The molecule has 1 fully saturated rings. The molecule has 1 aromatic carbocycles. The zero-order valence-electron chi connectivity index (χ0n) is 17.2. The van der Waals surface area contributed by atoms with Crippen LogP contribution in [0.4, 0.5) is 4.79 Å². The van der Waals surface area contributed by atoms with Crippen LogP contribution in [0.15, 0.2) is 42.1 Å². The third kappa shape index (κ3) is 6.90. The molecule has 0 spiro atoms. The van der Waals surface area contributed by atoms with E-state index in [0.29, 0.717) is 51.1 Å². The van der Waals surface area contributed by atoms with Gasteiger partial charge in [0.05, 0.1) is 30.4 Å². The molecule has 9 nitrogen and oxygen atoms in total. The Bertz CT molecular complexity index is 939. The lowest BCUT2D eigenvalue weighted by atomic mass is 10.0. The van der Waals surface area contributed by atoms with Crippen LogP contribution in [0, 0.1) is 0 Å². The molecule has 10 heteroatoms. The third-order valence-electron chi connectivity index (χ3n) is 5.08. The van der Waals surface area contributed by atoms with Gasteiger partial charge in [0.2, 0.25) is 5.91 Å². The van der Waals surface area contributed by atoms with Crippen molar-refractivity contribution >= 4 is 27.6 Å². The van der Waals surface area contributed by atoms with Crippen molar-refractivity contribution in [1.29, 1.82) is 0 Å². The van der Waals surface area contributed by atoms with Gasteiger partial charge in [-0.3, -0.25) is 9.59 Å². The van der Waals surface area contributed by atoms with Gasteiger partial charge in [0.1, 0.15) is 6.04 Å². The smallest absolute Gasteiger partial charge is 0.318 e. The maximum absolute atomic E-state index is 12.9. The highest BCUT2D eigenvalue weighted by Gasteiger charge is 2.31. The maximum atomic E-state index is 12.9. The molecular weight excluding hydrogens is 422 g/mol. The van der Waals surface area contributed by atoms with Crippen LogP contribution in [0.25, 0.3) is 0 Å². The monoisotopic (exact) mass is 449 g/mol. The van der Waals surface area contributed by atoms with E-state index in [1.807, 2.05) is 0 Å². The van der Waals surface area contributed by atoms with Crippen molar-refractivity contribution in [2.24, 2.45) is 0 Å². The molecule has 0 bridgehead atoms. The van der Waals surface area contributed by atoms with E-state index in [2.05, 4.69) is 10.6 Å². The first-order valence-corrected chi connectivity index (χ1v) is 12.1. The Labute approximate surface area is 181 Å². The van der Waals surface area contributed by atoms with E-state index >= 15 is 0 Å². The van der Waals surface area contributed by atoms with E-state index in [9.17, 15) is 22.8 Å². The van der Waals surface area contributed by atoms with Crippen LogP contribution in [-0.2, 0) is 29.9 Å². The standard InChI is InChI=1S/C21H27N3O6S/c25-19-9-5-4-8-17(19)22-20(26)18(23-21(27)24-10-12-30-13-11-24)15-31(28,29)14-16-6-2-1-3-7-16/h1-3,6-8,18H,4-5,9-15H2,(H,22,26)(H,23,27)/t18-/m0/s1. The van der Waals surface area contributed by atoms with Gasteiger partial charge in [-0.1, -0.05) is 36.4 Å². The van der Waals surface area contributed by atoms with Gasteiger partial charge in [0, 0.05) is 19.5 Å². The summed E-state index contributed by atoms with van der Waals surface area (Å²) >= 11 is 0. The number of Topliss-reactive ketones (excluding diaryl/α,β-unsaturated/α-hetero) is 1. The summed E-state index contributed by atoms with van der Waals surface area (Å²) in [6, 6.07) is 6.74. The molecule has 2 N–H and O–H groups in total. The summed E-state index contributed by atoms with van der Waals surface area (Å²) in [5.74, 6) is -1.76. The van der Waals surface area contributed by atoms with Gasteiger partial charge in [-0.25, -0.2) is 13.2 Å². The van der Waals surface area contributed by atoms with Gasteiger partial charge >= 0.3 is 6.03 Å². The van der Waals surface area contributed by atoms with E-state index < -0.39 is 33.6 Å². The summed E-state index contributed by atoms with van der Waals surface area (Å²) in [6.45, 7) is 1.44. The number of carbonyl (C=O) groups is 3. The number of benzene rings is 1. The highest BCUT2D eigenvalue weighted by Crippen LogP contribution is 2.13. The lowest BCUT2D eigenvalue weighted by Gasteiger charge is -2.29. The number of allylic oxidation sites excluding steroid dienone is 2. The molecule has 1 heterocycles. The highest BCUT2D eigenvalue weighted by atomic mass is 32.2. The zero-order chi connectivity index (χ0) is 22.3. The number of hydrogen-bond donors (Lipinski definition) is 2. The number of nitrogens with zero attached hydrogens (tertiary/aromatic N) is 1. The summed E-state index contributed by atoms with van der Waals surface area (Å²) < 4.78 is 30.8. The maximum Gasteiger partial charge on any atom is 0.318 e. The van der Waals surface area contributed by atoms with Gasteiger partial charge in [-0.05, 0) is 18.4 Å². The topological polar surface area (TPSA) is 122 Å². The lowest BCUT2D eigenvalue weighted by molar-refractivity contribution is -0.124. The first-order chi connectivity index (χ1) is 14.8. The zero-order valence-corrected chi connectivity index (χ0v) is 18.0. The minimum Gasteiger partial charge on any atom is -0.378 e. The third-order valence-corrected chi connectivity index (χ3v) is 6.69. The van der Waals surface area contributed by atoms with Crippen LogP contribution in [0.2, 0.25) is 0 Å². The number of carbonyl (C=O) groups excluding carboxylic acids is 3. The van der Waals surface area contributed by atoms with Crippen molar-refractivity contribution in [3.8, 4) is 0 Å². The van der Waals surface area contributed by atoms with Crippen LogP contribution in [0.5, 0.6) is 0 Å². The average Bonchev–Trinajstić information content (AvgIpc) is 2.75. The second-order valence-electron chi connectivity index (χ2n) is 7.56. The molecule has 31 heavy (non-hydrogen) atoms. The Balaban J connectivity index is 1.73. The van der Waals surface area contributed by atoms with Gasteiger partial charge in [-0.2, -0.15) is 0 Å². The Morgan fingerprint density at radius 1 is 1.13 bits per heavy atom. The van der Waals surface area contributed by atoms with Crippen LogP contribution in [-0.4, -0.2) is 69.1 Å². The first kappa shape index (κ1) is 23.0. The summed E-state index contributed by atoms with van der Waals surface area (Å²) in [5, 5.41) is 5.05. The molecule has 1 atom stereocenters. The quantitative estimate of drug-likeness (QED) is 0.634. The first-order valence-electron chi connectivity index (χ1n) is 10.3. The molecule has 0 aromatic heterocycles. The highest BCUT2D eigenvalue weighted by molar-refractivity contribution is 7.90. The van der Waals surface area contributed by atoms with Crippen LogP contribution < -0.4 is 10.6 Å². The average molecular weight is 450 g/mol. The minimum atomic E-state index is -3.73. The van der Waals surface area contributed by atoms with Crippen molar-refractivity contribution in [2.45, 2.75) is 31.1 Å². The predicted octanol–water partition coefficient (Wildman–Crippen LogP) is 0.765. The van der Waals surface area contributed by atoms with Crippen LogP contribution >= 0.6 is 0 Å². The number of ketones is 1. The van der Waals surface area contributed by atoms with E-state index in [1.165, 1.54) is 4.90 Å². The molecule has 3 amide bonds. The van der Waals surface area contributed by atoms with Gasteiger partial charge in [-0.15, -0.1) is 0 Å². The Hall–Kier alpha value is -2.72. The van der Waals surface area contributed by atoms with Crippen LogP contribution in [0.3, 0.4) is 0 Å². The molecule has 3 rings (SSSR count). The summed E-state index contributed by atoms with van der Waals surface area (Å²) in [5.41, 5.74) is 0.744. The number of nitrogens with one attached hydrogen (secondary N) is 2. The Morgan fingerprint density at radius 3 is 2.52 bits per heavy atom. The number of morpholine rings is 1. The largest absolute Gasteiger partial charge is 0.378 e. The molecule has 0 radical (unpaired) electrons. The van der Waals surface area contributed by atoms with Crippen molar-refractivity contribution < 1.29 is 27.5 Å². The summed E-state index contributed by atoms with van der Waals surface area (Å²) in [7, 11) is -3.73. The second kappa shape index (κ2) is 10.5. The number of ether oxygens (including phenoxy) is 1. The lowest BCUT2D eigenvalue weighted by Crippen LogP contribution is -2.55. The molecule has 1 aliphatic carbocycles. The summed E-state index contributed by atoms with van der Waals surface area (Å²) in [6.07, 6.45) is 3.31. The van der Waals surface area contributed by atoms with E-state index in [4.69, 9.17) is 4.74 Å². The molecule has 2 aliphatic rings. The van der Waals surface area contributed by atoms with Crippen molar-refractivity contribution in [3.63, 3.8) is 0 Å². The van der Waals surface area contributed by atoms with E-state index in [-0.39, 0.29) is 17.2 Å². The number of rotatable bonds is 7. The van der Waals surface area contributed by atoms with Crippen molar-refractivity contribution in [2.75, 3.05) is 32.1 Å². The van der Waals surface area contributed by atoms with Crippen molar-refractivity contribution in [3.05, 3.63) is 47.7 Å². The van der Waals surface area contributed by atoms with E-state index in [0.717, 1.165) is 0 Å². The Kier molecular flexibility index (Phi) is 7.80.